The van der Waals surface area contributed by atoms with Crippen LogP contribution < -0.4 is 10.2 Å². The minimum absolute atomic E-state index is 0.281. The smallest absolute Gasteiger partial charge is 0.257 e. The first-order valence-electron chi connectivity index (χ1n) is 8.01. The first kappa shape index (κ1) is 17.1. The SMILES string of the molecule is CC1CCCN(c2ccc(C(=O)Nc3c(Cl)cccc3Cl)cn2)C1. The molecule has 3 rings (SSSR count). The van der Waals surface area contributed by atoms with Gasteiger partial charge in [0.05, 0.1) is 21.3 Å². The van der Waals surface area contributed by atoms with Crippen LogP contribution >= 0.6 is 23.2 Å². The van der Waals surface area contributed by atoms with E-state index in [4.69, 9.17) is 23.2 Å². The van der Waals surface area contributed by atoms with Crippen molar-refractivity contribution >= 4 is 40.6 Å². The van der Waals surface area contributed by atoms with Crippen molar-refractivity contribution in [3.63, 3.8) is 0 Å². The number of benzene rings is 1. The monoisotopic (exact) mass is 363 g/mol. The second-order valence-electron chi connectivity index (χ2n) is 6.15. The van der Waals surface area contributed by atoms with E-state index < -0.39 is 0 Å². The van der Waals surface area contributed by atoms with Gasteiger partial charge < -0.3 is 10.2 Å². The Morgan fingerprint density at radius 3 is 2.62 bits per heavy atom. The van der Waals surface area contributed by atoms with E-state index in [1.54, 1.807) is 30.5 Å². The Bertz CT molecular complexity index is 713. The van der Waals surface area contributed by atoms with Gasteiger partial charge in [-0.15, -0.1) is 0 Å². The van der Waals surface area contributed by atoms with Gasteiger partial charge in [0.2, 0.25) is 0 Å². The fourth-order valence-electron chi connectivity index (χ4n) is 2.91. The standard InChI is InChI=1S/C18H19Cl2N3O/c1-12-4-3-9-23(11-12)16-8-7-13(10-21-16)18(24)22-17-14(19)5-2-6-15(17)20/h2,5-8,10,12H,3-4,9,11H2,1H3,(H,22,24). The summed E-state index contributed by atoms with van der Waals surface area (Å²) in [5, 5.41) is 3.56. The van der Waals surface area contributed by atoms with Crippen LogP contribution in [0.4, 0.5) is 11.5 Å². The summed E-state index contributed by atoms with van der Waals surface area (Å²) in [7, 11) is 0. The van der Waals surface area contributed by atoms with Crippen LogP contribution in [0.2, 0.25) is 10.0 Å². The highest BCUT2D eigenvalue weighted by Gasteiger charge is 2.18. The highest BCUT2D eigenvalue weighted by molar-refractivity contribution is 6.40. The number of carbonyl (C=O) groups is 1. The van der Waals surface area contributed by atoms with E-state index >= 15 is 0 Å². The van der Waals surface area contributed by atoms with Gasteiger partial charge in [0, 0.05) is 19.3 Å². The molecule has 0 radical (unpaired) electrons. The first-order chi connectivity index (χ1) is 11.5. The Morgan fingerprint density at radius 2 is 2.00 bits per heavy atom. The van der Waals surface area contributed by atoms with Gasteiger partial charge >= 0.3 is 0 Å². The molecule has 4 nitrogen and oxygen atoms in total. The summed E-state index contributed by atoms with van der Waals surface area (Å²) >= 11 is 12.2. The number of piperidine rings is 1. The van der Waals surface area contributed by atoms with Crippen molar-refractivity contribution in [1.29, 1.82) is 0 Å². The van der Waals surface area contributed by atoms with Gasteiger partial charge in [0.1, 0.15) is 5.82 Å². The van der Waals surface area contributed by atoms with Crippen LogP contribution in [0, 0.1) is 5.92 Å². The highest BCUT2D eigenvalue weighted by atomic mass is 35.5. The Morgan fingerprint density at radius 1 is 1.25 bits per heavy atom. The van der Waals surface area contributed by atoms with Crippen molar-refractivity contribution in [3.8, 4) is 0 Å². The maximum atomic E-state index is 12.4. The summed E-state index contributed by atoms with van der Waals surface area (Å²) in [6, 6.07) is 8.77. The number of amides is 1. The molecule has 1 amide bonds. The van der Waals surface area contributed by atoms with E-state index in [2.05, 4.69) is 22.1 Å². The third kappa shape index (κ3) is 3.82. The number of nitrogens with one attached hydrogen (secondary N) is 1. The van der Waals surface area contributed by atoms with Crippen LogP contribution in [0.5, 0.6) is 0 Å². The second-order valence-corrected chi connectivity index (χ2v) is 6.96. The zero-order valence-corrected chi connectivity index (χ0v) is 14.9. The first-order valence-corrected chi connectivity index (χ1v) is 8.76. The molecule has 0 bridgehead atoms. The largest absolute Gasteiger partial charge is 0.356 e. The Labute approximate surface area is 151 Å². The molecular weight excluding hydrogens is 345 g/mol. The van der Waals surface area contributed by atoms with Gasteiger partial charge in [-0.2, -0.15) is 0 Å². The summed E-state index contributed by atoms with van der Waals surface area (Å²) in [5.74, 6) is 1.30. The maximum Gasteiger partial charge on any atom is 0.257 e. The summed E-state index contributed by atoms with van der Waals surface area (Å²) in [5.41, 5.74) is 0.888. The van der Waals surface area contributed by atoms with E-state index in [0.29, 0.717) is 27.2 Å². The van der Waals surface area contributed by atoms with Crippen LogP contribution in [-0.4, -0.2) is 24.0 Å². The molecule has 126 valence electrons. The third-order valence-corrected chi connectivity index (χ3v) is 4.82. The molecule has 1 aliphatic heterocycles. The minimum atomic E-state index is -0.281. The van der Waals surface area contributed by atoms with E-state index in [1.165, 1.54) is 12.8 Å². The molecule has 2 aromatic rings. The van der Waals surface area contributed by atoms with Gasteiger partial charge in [-0.25, -0.2) is 4.98 Å². The van der Waals surface area contributed by atoms with Gasteiger partial charge in [-0.3, -0.25) is 4.79 Å². The minimum Gasteiger partial charge on any atom is -0.356 e. The van der Waals surface area contributed by atoms with E-state index in [9.17, 15) is 4.79 Å². The zero-order valence-electron chi connectivity index (χ0n) is 13.4. The van der Waals surface area contributed by atoms with E-state index in [0.717, 1.165) is 18.9 Å². The lowest BCUT2D eigenvalue weighted by atomic mass is 10.0. The predicted octanol–water partition coefficient (Wildman–Crippen LogP) is 4.88. The second kappa shape index (κ2) is 7.41. The number of anilines is 2. The van der Waals surface area contributed by atoms with Crippen LogP contribution in [0.3, 0.4) is 0 Å². The van der Waals surface area contributed by atoms with Crippen LogP contribution in [0.15, 0.2) is 36.5 Å². The Balaban J connectivity index is 1.72. The van der Waals surface area contributed by atoms with Crippen molar-refractivity contribution in [1.82, 2.24) is 4.98 Å². The molecule has 0 aliphatic carbocycles. The van der Waals surface area contributed by atoms with Gasteiger partial charge in [0.25, 0.3) is 5.91 Å². The number of halogens is 2. The molecule has 1 saturated heterocycles. The number of rotatable bonds is 3. The molecule has 0 spiro atoms. The summed E-state index contributed by atoms with van der Waals surface area (Å²) in [4.78, 5) is 19.1. The van der Waals surface area contributed by atoms with Crippen molar-refractivity contribution < 1.29 is 4.79 Å². The normalized spacial score (nSPS) is 17.6. The molecule has 1 unspecified atom stereocenters. The summed E-state index contributed by atoms with van der Waals surface area (Å²) in [6.45, 7) is 4.27. The Hall–Kier alpha value is -1.78. The molecule has 6 heteroatoms. The molecule has 1 aromatic heterocycles. The van der Waals surface area contributed by atoms with Crippen LogP contribution in [0.25, 0.3) is 0 Å². The molecule has 0 saturated carbocycles. The molecule has 1 aliphatic rings. The predicted molar refractivity (Wildman–Crippen MR) is 99.3 cm³/mol. The molecule has 1 atom stereocenters. The molecule has 1 N–H and O–H groups in total. The molecule has 2 heterocycles. The van der Waals surface area contributed by atoms with Crippen LogP contribution in [0.1, 0.15) is 30.1 Å². The number of carbonyl (C=O) groups excluding carboxylic acids is 1. The number of hydrogen-bond acceptors (Lipinski definition) is 3. The van der Waals surface area contributed by atoms with Crippen molar-refractivity contribution in [2.75, 3.05) is 23.3 Å². The fraction of sp³-hybridized carbons (Fsp3) is 0.333. The van der Waals surface area contributed by atoms with E-state index in [1.807, 2.05) is 6.07 Å². The average molecular weight is 364 g/mol. The topological polar surface area (TPSA) is 45.2 Å². The van der Waals surface area contributed by atoms with E-state index in [-0.39, 0.29) is 5.91 Å². The fourth-order valence-corrected chi connectivity index (χ4v) is 3.40. The molecular formula is C18H19Cl2N3O. The Kier molecular flexibility index (Phi) is 5.27. The number of para-hydroxylation sites is 1. The molecule has 1 fully saturated rings. The lowest BCUT2D eigenvalue weighted by molar-refractivity contribution is 0.102. The number of pyridine rings is 1. The zero-order chi connectivity index (χ0) is 17.1. The lowest BCUT2D eigenvalue weighted by Crippen LogP contribution is -2.34. The van der Waals surface area contributed by atoms with Crippen molar-refractivity contribution in [2.24, 2.45) is 5.92 Å². The van der Waals surface area contributed by atoms with Crippen molar-refractivity contribution in [3.05, 3.63) is 52.1 Å². The lowest BCUT2D eigenvalue weighted by Gasteiger charge is -2.31. The molecule has 24 heavy (non-hydrogen) atoms. The maximum absolute atomic E-state index is 12.4. The highest BCUT2D eigenvalue weighted by Crippen LogP contribution is 2.30. The quantitative estimate of drug-likeness (QED) is 0.845. The third-order valence-electron chi connectivity index (χ3n) is 4.19. The van der Waals surface area contributed by atoms with Crippen molar-refractivity contribution in [2.45, 2.75) is 19.8 Å². The average Bonchev–Trinajstić information content (AvgIpc) is 2.58. The van der Waals surface area contributed by atoms with Gasteiger partial charge in [-0.1, -0.05) is 36.2 Å². The summed E-state index contributed by atoms with van der Waals surface area (Å²) < 4.78 is 0. The number of nitrogens with zero attached hydrogens (tertiary/aromatic N) is 2. The summed E-state index contributed by atoms with van der Waals surface area (Å²) in [6.07, 6.45) is 4.03. The number of aromatic nitrogens is 1. The van der Waals surface area contributed by atoms with Gasteiger partial charge in [-0.05, 0) is 43.0 Å². The van der Waals surface area contributed by atoms with Gasteiger partial charge in [0.15, 0.2) is 0 Å². The van der Waals surface area contributed by atoms with Crippen LogP contribution in [-0.2, 0) is 0 Å². The number of hydrogen-bond donors (Lipinski definition) is 1. The molecule has 1 aromatic carbocycles.